The molecule has 3 aromatic rings. The van der Waals surface area contributed by atoms with Gasteiger partial charge in [0.15, 0.2) is 11.5 Å². The van der Waals surface area contributed by atoms with E-state index in [-0.39, 0.29) is 17.2 Å². The van der Waals surface area contributed by atoms with Crippen molar-refractivity contribution < 1.29 is 28.8 Å². The number of non-ortho nitro benzene ring substituents is 1. The number of ether oxygens (including phenoxy) is 2. The summed E-state index contributed by atoms with van der Waals surface area (Å²) in [6, 6.07) is 17.6. The normalized spacial score (nSPS) is 14.0. The fraction of sp³-hybridized carbons (Fsp3) is 0.148. The molecule has 10 nitrogen and oxygen atoms in total. The Labute approximate surface area is 232 Å². The van der Waals surface area contributed by atoms with E-state index in [9.17, 15) is 24.5 Å². The predicted molar refractivity (Wildman–Crippen MR) is 148 cm³/mol. The van der Waals surface area contributed by atoms with E-state index in [0.29, 0.717) is 34.4 Å². The van der Waals surface area contributed by atoms with Gasteiger partial charge in [-0.3, -0.25) is 29.4 Å². The van der Waals surface area contributed by atoms with Crippen molar-refractivity contribution in [3.8, 4) is 11.5 Å². The lowest BCUT2D eigenvalue weighted by atomic mass is 10.1. The lowest BCUT2D eigenvalue weighted by molar-refractivity contribution is -0.384. The number of amides is 3. The lowest BCUT2D eigenvalue weighted by Crippen LogP contribution is -2.36. The van der Waals surface area contributed by atoms with Crippen molar-refractivity contribution >= 4 is 57.9 Å². The Balaban J connectivity index is 1.43. The van der Waals surface area contributed by atoms with Crippen LogP contribution in [0.3, 0.4) is 0 Å². The smallest absolute Gasteiger partial charge is 0.294 e. The third kappa shape index (κ3) is 7.15. The minimum Gasteiger partial charge on any atom is -0.490 e. The fourth-order valence-corrected chi connectivity index (χ4v) is 4.60. The summed E-state index contributed by atoms with van der Waals surface area (Å²) < 4.78 is 11.5. The molecule has 200 valence electrons. The molecule has 4 rings (SSSR count). The van der Waals surface area contributed by atoms with Crippen LogP contribution in [0, 0.1) is 10.1 Å². The van der Waals surface area contributed by atoms with E-state index < -0.39 is 28.5 Å². The Morgan fingerprint density at radius 1 is 1.08 bits per heavy atom. The van der Waals surface area contributed by atoms with Crippen LogP contribution in [0.2, 0.25) is 5.02 Å². The number of nitrogens with zero attached hydrogens (tertiary/aromatic N) is 2. The number of hydrogen-bond donors (Lipinski definition) is 1. The topological polar surface area (TPSA) is 128 Å². The number of nitro groups is 1. The average molecular weight is 568 g/mol. The van der Waals surface area contributed by atoms with Gasteiger partial charge < -0.3 is 14.8 Å². The number of benzene rings is 3. The first kappa shape index (κ1) is 27.7. The zero-order valence-electron chi connectivity index (χ0n) is 20.6. The first-order chi connectivity index (χ1) is 18.7. The second-order valence-electron chi connectivity index (χ2n) is 8.18. The van der Waals surface area contributed by atoms with Crippen molar-refractivity contribution in [3.05, 3.63) is 97.9 Å². The maximum Gasteiger partial charge on any atom is 0.294 e. The summed E-state index contributed by atoms with van der Waals surface area (Å²) in [5.41, 5.74) is 1.77. The molecule has 1 N–H and O–H groups in total. The van der Waals surface area contributed by atoms with E-state index >= 15 is 0 Å². The molecule has 0 atom stereocenters. The molecule has 1 fully saturated rings. The molecule has 0 aromatic heterocycles. The van der Waals surface area contributed by atoms with E-state index in [1.54, 1.807) is 60.7 Å². The molecule has 1 aliphatic heterocycles. The van der Waals surface area contributed by atoms with Gasteiger partial charge >= 0.3 is 0 Å². The minimum atomic E-state index is -0.581. The van der Waals surface area contributed by atoms with Gasteiger partial charge in [0, 0.05) is 22.8 Å². The summed E-state index contributed by atoms with van der Waals surface area (Å²) in [4.78, 5) is 49.2. The van der Waals surface area contributed by atoms with Gasteiger partial charge in [0.1, 0.15) is 13.2 Å². The van der Waals surface area contributed by atoms with Gasteiger partial charge in [-0.15, -0.1) is 0 Å². The summed E-state index contributed by atoms with van der Waals surface area (Å²) in [7, 11) is 0. The molecule has 1 aliphatic rings. The van der Waals surface area contributed by atoms with Gasteiger partial charge in [-0.25, -0.2) is 0 Å². The van der Waals surface area contributed by atoms with E-state index in [0.717, 1.165) is 22.2 Å². The van der Waals surface area contributed by atoms with E-state index in [1.807, 2.05) is 6.92 Å². The highest BCUT2D eigenvalue weighted by Gasteiger charge is 2.36. The number of carbonyl (C=O) groups excluding carboxylic acids is 3. The van der Waals surface area contributed by atoms with Crippen molar-refractivity contribution in [1.82, 2.24) is 4.90 Å². The number of hydrogen-bond acceptors (Lipinski definition) is 8. The molecule has 39 heavy (non-hydrogen) atoms. The number of anilines is 1. The van der Waals surface area contributed by atoms with Crippen LogP contribution in [0.15, 0.2) is 71.6 Å². The molecule has 0 saturated carbocycles. The number of imide groups is 1. The van der Waals surface area contributed by atoms with Gasteiger partial charge in [0.2, 0.25) is 5.91 Å². The van der Waals surface area contributed by atoms with Crippen molar-refractivity contribution in [2.75, 3.05) is 18.5 Å². The first-order valence-corrected chi connectivity index (χ1v) is 12.9. The summed E-state index contributed by atoms with van der Waals surface area (Å²) in [6.07, 6.45) is 1.54. The SMILES string of the molecule is CCOc1cc(/C=C2/SC(=O)N(CC(=O)Nc3cccc(Cl)c3)C2=O)ccc1OCc1ccc([N+](=O)[O-])cc1. The Morgan fingerprint density at radius 2 is 1.85 bits per heavy atom. The van der Waals surface area contributed by atoms with Gasteiger partial charge in [0.25, 0.3) is 16.8 Å². The molecule has 0 bridgehead atoms. The number of nitrogens with one attached hydrogen (secondary N) is 1. The van der Waals surface area contributed by atoms with Crippen LogP contribution in [0.5, 0.6) is 11.5 Å². The molecule has 3 aromatic carbocycles. The van der Waals surface area contributed by atoms with Crippen LogP contribution >= 0.6 is 23.4 Å². The number of rotatable bonds is 10. The van der Waals surface area contributed by atoms with Crippen LogP contribution in [0.25, 0.3) is 6.08 Å². The van der Waals surface area contributed by atoms with Crippen LogP contribution in [0.1, 0.15) is 18.1 Å². The summed E-state index contributed by atoms with van der Waals surface area (Å²) in [6.45, 7) is 1.89. The molecule has 0 unspecified atom stereocenters. The van der Waals surface area contributed by atoms with Crippen LogP contribution in [-0.4, -0.2) is 40.0 Å². The number of carbonyl (C=O) groups is 3. The van der Waals surface area contributed by atoms with Gasteiger partial charge in [-0.05, 0) is 78.4 Å². The van der Waals surface area contributed by atoms with E-state index in [4.69, 9.17) is 21.1 Å². The zero-order chi connectivity index (χ0) is 27.9. The van der Waals surface area contributed by atoms with Crippen molar-refractivity contribution in [2.45, 2.75) is 13.5 Å². The van der Waals surface area contributed by atoms with Crippen molar-refractivity contribution in [3.63, 3.8) is 0 Å². The number of nitro benzene ring substituents is 1. The summed E-state index contributed by atoms with van der Waals surface area (Å²) in [5, 5.41) is 13.3. The number of thioether (sulfide) groups is 1. The molecular weight excluding hydrogens is 546 g/mol. The molecule has 0 aliphatic carbocycles. The largest absolute Gasteiger partial charge is 0.490 e. The van der Waals surface area contributed by atoms with Crippen LogP contribution < -0.4 is 14.8 Å². The van der Waals surface area contributed by atoms with E-state index in [2.05, 4.69) is 5.32 Å². The molecular formula is C27H22ClN3O7S. The Bertz CT molecular complexity index is 1460. The second kappa shape index (κ2) is 12.5. The van der Waals surface area contributed by atoms with Gasteiger partial charge in [-0.1, -0.05) is 23.7 Å². The summed E-state index contributed by atoms with van der Waals surface area (Å²) >= 11 is 6.66. The standard InChI is InChI=1S/C27H22ClN3O7S/c1-2-37-23-12-18(8-11-22(23)38-16-17-6-9-21(10-7-17)31(35)36)13-24-26(33)30(27(34)39-24)15-25(32)29-20-5-3-4-19(28)14-20/h3-14H,2,15-16H2,1H3,(H,29,32)/b24-13+. The maximum atomic E-state index is 12.9. The highest BCUT2D eigenvalue weighted by Crippen LogP contribution is 2.35. The molecule has 12 heteroatoms. The Kier molecular flexibility index (Phi) is 8.84. The summed E-state index contributed by atoms with van der Waals surface area (Å²) in [5.74, 6) is -0.247. The average Bonchev–Trinajstić information content (AvgIpc) is 3.15. The quantitative estimate of drug-likeness (QED) is 0.182. The Morgan fingerprint density at radius 3 is 2.54 bits per heavy atom. The van der Waals surface area contributed by atoms with Crippen LogP contribution in [-0.2, 0) is 16.2 Å². The van der Waals surface area contributed by atoms with Gasteiger partial charge in [-0.2, -0.15) is 0 Å². The minimum absolute atomic E-state index is 0.00994. The Hall–Kier alpha value is -4.35. The third-order valence-electron chi connectivity index (χ3n) is 5.39. The zero-order valence-corrected chi connectivity index (χ0v) is 22.2. The lowest BCUT2D eigenvalue weighted by Gasteiger charge is -2.13. The second-order valence-corrected chi connectivity index (χ2v) is 9.61. The first-order valence-electron chi connectivity index (χ1n) is 11.7. The molecule has 1 saturated heterocycles. The fourth-order valence-electron chi connectivity index (χ4n) is 3.57. The molecule has 0 spiro atoms. The maximum absolute atomic E-state index is 12.9. The molecule has 0 radical (unpaired) electrons. The highest BCUT2D eigenvalue weighted by atomic mass is 35.5. The van der Waals surface area contributed by atoms with Crippen molar-refractivity contribution in [1.29, 1.82) is 0 Å². The van der Waals surface area contributed by atoms with Crippen molar-refractivity contribution in [2.24, 2.45) is 0 Å². The third-order valence-corrected chi connectivity index (χ3v) is 6.53. The van der Waals surface area contributed by atoms with Crippen LogP contribution in [0.4, 0.5) is 16.2 Å². The highest BCUT2D eigenvalue weighted by molar-refractivity contribution is 8.18. The monoisotopic (exact) mass is 567 g/mol. The molecule has 3 amide bonds. The number of halogens is 1. The predicted octanol–water partition coefficient (Wildman–Crippen LogP) is 5.90. The van der Waals surface area contributed by atoms with Gasteiger partial charge in [0.05, 0.1) is 16.4 Å². The molecule has 1 heterocycles. The van der Waals surface area contributed by atoms with E-state index in [1.165, 1.54) is 12.1 Å².